The maximum absolute atomic E-state index is 13.2. The van der Waals surface area contributed by atoms with Gasteiger partial charge in [0.1, 0.15) is 5.82 Å². The van der Waals surface area contributed by atoms with E-state index in [1.165, 1.54) is 12.1 Å². The topological polar surface area (TPSA) is 55.1 Å². The second-order valence-corrected chi connectivity index (χ2v) is 4.47. The molecule has 0 spiro atoms. The zero-order valence-electron chi connectivity index (χ0n) is 10.5. The molecular weight excluding hydrogens is 219 g/mol. The van der Waals surface area contributed by atoms with Crippen LogP contribution in [0.5, 0.6) is 0 Å². The third-order valence-corrected chi connectivity index (χ3v) is 2.54. The Morgan fingerprint density at radius 1 is 1.47 bits per heavy atom. The lowest BCUT2D eigenvalue weighted by Gasteiger charge is -2.09. The van der Waals surface area contributed by atoms with Crippen molar-refractivity contribution in [1.29, 1.82) is 0 Å². The maximum atomic E-state index is 13.2. The Kier molecular flexibility index (Phi) is 4.63. The number of benzene rings is 1. The van der Waals surface area contributed by atoms with Crippen LogP contribution in [0, 0.1) is 12.7 Å². The highest BCUT2D eigenvalue weighted by atomic mass is 19.1. The number of ketones is 1. The molecule has 0 radical (unpaired) electrons. The predicted octanol–water partition coefficient (Wildman–Crippen LogP) is 2.29. The van der Waals surface area contributed by atoms with Crippen LogP contribution in [0.2, 0.25) is 0 Å². The monoisotopic (exact) mass is 238 g/mol. The van der Waals surface area contributed by atoms with E-state index < -0.39 is 0 Å². The van der Waals surface area contributed by atoms with E-state index in [-0.39, 0.29) is 17.3 Å². The number of nitrogens with two attached hydrogens (primary N) is 1. The van der Waals surface area contributed by atoms with E-state index >= 15 is 0 Å². The molecule has 0 bridgehead atoms. The highest BCUT2D eigenvalue weighted by Gasteiger charge is 2.12. The second-order valence-electron chi connectivity index (χ2n) is 4.47. The van der Waals surface area contributed by atoms with Crippen molar-refractivity contribution in [2.45, 2.75) is 33.2 Å². The van der Waals surface area contributed by atoms with Crippen molar-refractivity contribution in [3.8, 4) is 0 Å². The van der Waals surface area contributed by atoms with E-state index in [1.807, 2.05) is 13.8 Å². The average molecular weight is 238 g/mol. The van der Waals surface area contributed by atoms with Gasteiger partial charge in [-0.3, -0.25) is 4.79 Å². The number of nitrogen functional groups attached to an aromatic ring is 1. The minimum atomic E-state index is -0.376. The summed E-state index contributed by atoms with van der Waals surface area (Å²) < 4.78 is 13.2. The lowest BCUT2D eigenvalue weighted by molar-refractivity contribution is 0.0983. The van der Waals surface area contributed by atoms with Crippen LogP contribution in [-0.4, -0.2) is 18.4 Å². The molecule has 3 nitrogen and oxygen atoms in total. The summed E-state index contributed by atoms with van der Waals surface area (Å²) in [7, 11) is 0. The Labute approximate surface area is 101 Å². The number of hydrogen-bond donors (Lipinski definition) is 2. The fourth-order valence-corrected chi connectivity index (χ4v) is 1.55. The number of anilines is 1. The van der Waals surface area contributed by atoms with Crippen molar-refractivity contribution >= 4 is 11.5 Å². The summed E-state index contributed by atoms with van der Waals surface area (Å²) in [5.41, 5.74) is 6.71. The molecule has 4 heteroatoms. The molecule has 0 aromatic heterocycles. The van der Waals surface area contributed by atoms with Crippen molar-refractivity contribution in [3.63, 3.8) is 0 Å². The number of nitrogens with one attached hydrogen (secondary N) is 1. The molecule has 0 heterocycles. The van der Waals surface area contributed by atoms with Crippen LogP contribution >= 0.6 is 0 Å². The van der Waals surface area contributed by atoms with Gasteiger partial charge in [-0.05, 0) is 24.6 Å². The quantitative estimate of drug-likeness (QED) is 0.611. The normalized spacial score (nSPS) is 10.9. The molecule has 94 valence electrons. The summed E-state index contributed by atoms with van der Waals surface area (Å²) in [5, 5.41) is 3.16. The molecule has 0 aliphatic rings. The summed E-state index contributed by atoms with van der Waals surface area (Å²) in [6.45, 7) is 6.26. The molecule has 0 aliphatic carbocycles. The Morgan fingerprint density at radius 2 is 2.12 bits per heavy atom. The summed E-state index contributed by atoms with van der Waals surface area (Å²) in [5.74, 6) is -0.432. The van der Waals surface area contributed by atoms with Gasteiger partial charge in [-0.25, -0.2) is 4.39 Å². The molecule has 3 N–H and O–H groups in total. The highest BCUT2D eigenvalue weighted by Crippen LogP contribution is 2.18. The molecule has 0 amide bonds. The first-order valence-corrected chi connectivity index (χ1v) is 5.74. The van der Waals surface area contributed by atoms with Gasteiger partial charge in [-0.2, -0.15) is 0 Å². The van der Waals surface area contributed by atoms with Crippen molar-refractivity contribution in [3.05, 3.63) is 29.1 Å². The first kappa shape index (κ1) is 13.6. The number of Topliss-reactive ketones (excluding diaryl/α,β-unsaturated/α-hetero) is 1. The largest absolute Gasteiger partial charge is 0.398 e. The molecule has 0 aliphatic heterocycles. The molecule has 0 atom stereocenters. The van der Waals surface area contributed by atoms with Crippen LogP contribution in [0.3, 0.4) is 0 Å². The molecule has 0 saturated carbocycles. The molecule has 0 fully saturated rings. The van der Waals surface area contributed by atoms with Gasteiger partial charge in [0.2, 0.25) is 0 Å². The summed E-state index contributed by atoms with van der Waals surface area (Å²) in [6.07, 6.45) is 0.369. The molecule has 1 rings (SSSR count). The number of rotatable bonds is 5. The van der Waals surface area contributed by atoms with E-state index in [4.69, 9.17) is 5.73 Å². The Hall–Kier alpha value is -1.42. The third-order valence-electron chi connectivity index (χ3n) is 2.54. The highest BCUT2D eigenvalue weighted by molar-refractivity contribution is 6.01. The van der Waals surface area contributed by atoms with Crippen LogP contribution in [-0.2, 0) is 0 Å². The Bertz CT molecular complexity index is 416. The summed E-state index contributed by atoms with van der Waals surface area (Å²) >= 11 is 0. The SMILES string of the molecule is Cc1cc(C(=O)CCNC(C)C)c(N)cc1F. The van der Waals surface area contributed by atoms with Gasteiger partial charge < -0.3 is 11.1 Å². The van der Waals surface area contributed by atoms with E-state index in [0.717, 1.165) is 0 Å². The molecular formula is C13H19FN2O. The van der Waals surface area contributed by atoms with Crippen LogP contribution in [0.4, 0.5) is 10.1 Å². The predicted molar refractivity (Wildman–Crippen MR) is 67.6 cm³/mol. The van der Waals surface area contributed by atoms with Gasteiger partial charge >= 0.3 is 0 Å². The number of carbonyl (C=O) groups is 1. The summed E-state index contributed by atoms with van der Waals surface area (Å²) in [4.78, 5) is 11.9. The van der Waals surface area contributed by atoms with Crippen LogP contribution in [0.15, 0.2) is 12.1 Å². The molecule has 17 heavy (non-hydrogen) atoms. The van der Waals surface area contributed by atoms with Crippen LogP contribution in [0.25, 0.3) is 0 Å². The summed E-state index contributed by atoms with van der Waals surface area (Å²) in [6, 6.07) is 3.07. The smallest absolute Gasteiger partial charge is 0.166 e. The number of aryl methyl sites for hydroxylation is 1. The van der Waals surface area contributed by atoms with Gasteiger partial charge in [-0.1, -0.05) is 13.8 Å². The van der Waals surface area contributed by atoms with Gasteiger partial charge in [0, 0.05) is 30.3 Å². The molecule has 1 aromatic carbocycles. The van der Waals surface area contributed by atoms with Gasteiger partial charge in [0.15, 0.2) is 5.78 Å². The van der Waals surface area contributed by atoms with Crippen molar-refractivity contribution in [2.24, 2.45) is 0 Å². The standard InChI is InChI=1S/C13H19FN2O/c1-8(2)16-5-4-13(17)10-6-9(3)11(14)7-12(10)15/h6-8,16H,4-5,15H2,1-3H3. The van der Waals surface area contributed by atoms with E-state index in [1.54, 1.807) is 6.92 Å². The van der Waals surface area contributed by atoms with E-state index in [0.29, 0.717) is 30.1 Å². The Morgan fingerprint density at radius 3 is 2.71 bits per heavy atom. The van der Waals surface area contributed by atoms with Gasteiger partial charge in [0.25, 0.3) is 0 Å². The van der Waals surface area contributed by atoms with Crippen molar-refractivity contribution in [2.75, 3.05) is 12.3 Å². The van der Waals surface area contributed by atoms with E-state index in [9.17, 15) is 9.18 Å². The number of carbonyl (C=O) groups excluding carboxylic acids is 1. The van der Waals surface area contributed by atoms with Crippen molar-refractivity contribution in [1.82, 2.24) is 5.32 Å². The third kappa shape index (κ3) is 3.82. The number of hydrogen-bond acceptors (Lipinski definition) is 3. The average Bonchev–Trinajstić information content (AvgIpc) is 2.22. The van der Waals surface area contributed by atoms with Gasteiger partial charge in [0.05, 0.1) is 0 Å². The fraction of sp³-hybridized carbons (Fsp3) is 0.462. The van der Waals surface area contributed by atoms with Gasteiger partial charge in [-0.15, -0.1) is 0 Å². The molecule has 1 aromatic rings. The molecule has 0 unspecified atom stereocenters. The first-order chi connectivity index (χ1) is 7.91. The zero-order valence-corrected chi connectivity index (χ0v) is 10.5. The lowest BCUT2D eigenvalue weighted by atomic mass is 10.0. The Balaban J connectivity index is 2.72. The van der Waals surface area contributed by atoms with Crippen molar-refractivity contribution < 1.29 is 9.18 Å². The maximum Gasteiger partial charge on any atom is 0.166 e. The van der Waals surface area contributed by atoms with Crippen LogP contribution in [0.1, 0.15) is 36.2 Å². The number of halogens is 1. The van der Waals surface area contributed by atoms with E-state index in [2.05, 4.69) is 5.32 Å². The second kappa shape index (κ2) is 5.77. The zero-order chi connectivity index (χ0) is 13.0. The van der Waals surface area contributed by atoms with Crippen LogP contribution < -0.4 is 11.1 Å². The fourth-order valence-electron chi connectivity index (χ4n) is 1.55. The molecule has 0 saturated heterocycles. The minimum Gasteiger partial charge on any atom is -0.398 e. The first-order valence-electron chi connectivity index (χ1n) is 5.74. The minimum absolute atomic E-state index is 0.0567. The lowest BCUT2D eigenvalue weighted by Crippen LogP contribution is -2.25.